The minimum Gasteiger partial charge on any atom is -0.396 e. The van der Waals surface area contributed by atoms with Gasteiger partial charge in [0.15, 0.2) is 6.29 Å². The van der Waals surface area contributed by atoms with E-state index in [4.69, 9.17) is 34.3 Å². The molecule has 1 unspecified atom stereocenters. The van der Waals surface area contributed by atoms with Crippen LogP contribution >= 0.6 is 0 Å². The third kappa shape index (κ3) is 23.6. The molecule has 0 aromatic carbocycles. The summed E-state index contributed by atoms with van der Waals surface area (Å²) in [6.07, 6.45) is -0.268. The molecule has 0 fully saturated rings. The molecule has 0 rings (SSSR count). The van der Waals surface area contributed by atoms with Gasteiger partial charge >= 0.3 is 0 Å². The molecule has 0 aromatic rings. The smallest absolute Gasteiger partial charge is 0.178 e. The number of nitrogens with one attached hydrogen (secondary N) is 1. The predicted octanol–water partition coefficient (Wildman–Crippen LogP) is -1.62. The highest BCUT2D eigenvalue weighted by Crippen LogP contribution is 1.92. The van der Waals surface area contributed by atoms with E-state index in [2.05, 4.69) is 15.1 Å². The second kappa shape index (κ2) is 22.8. The monoisotopic (exact) mass is 415 g/mol. The van der Waals surface area contributed by atoms with E-state index in [9.17, 15) is 5.11 Å². The fourth-order valence-corrected chi connectivity index (χ4v) is 1.81. The normalized spacial score (nSPS) is 12.8. The summed E-state index contributed by atoms with van der Waals surface area (Å²) in [4.78, 5) is 9.12. The molecular weight excluding hydrogens is 378 g/mol. The largest absolute Gasteiger partial charge is 0.396 e. The van der Waals surface area contributed by atoms with Crippen LogP contribution in [0.5, 0.6) is 0 Å². The Morgan fingerprint density at radius 3 is 1.96 bits per heavy atom. The van der Waals surface area contributed by atoms with E-state index in [1.54, 1.807) is 0 Å². The van der Waals surface area contributed by atoms with E-state index in [0.717, 1.165) is 6.42 Å². The molecule has 0 saturated carbocycles. The number of hydrogen-bond donors (Lipinski definition) is 5. The van der Waals surface area contributed by atoms with E-state index in [1.807, 2.05) is 0 Å². The zero-order valence-electron chi connectivity index (χ0n) is 16.5. The van der Waals surface area contributed by atoms with Crippen molar-refractivity contribution in [3.05, 3.63) is 0 Å². The van der Waals surface area contributed by atoms with Crippen molar-refractivity contribution in [1.82, 2.24) is 5.32 Å². The van der Waals surface area contributed by atoms with Crippen LogP contribution in [-0.2, 0) is 28.7 Å². The maximum Gasteiger partial charge on any atom is 0.178 e. The van der Waals surface area contributed by atoms with E-state index in [0.29, 0.717) is 72.2 Å². The van der Waals surface area contributed by atoms with Crippen LogP contribution in [0.25, 0.3) is 0 Å². The van der Waals surface area contributed by atoms with Gasteiger partial charge < -0.3 is 39.4 Å². The van der Waals surface area contributed by atoms with Gasteiger partial charge in [-0.15, -0.1) is 0 Å². The standard InChI is InChI=1S/C17H37NO10/c19-5-1-6-23-7-2-8-24-9-3-16(20)18-4-10-25-11-12-26-13-14-27-28-15-17(21)22/h16-22H,1-15H2. The third-order valence-corrected chi connectivity index (χ3v) is 3.17. The van der Waals surface area contributed by atoms with Crippen LogP contribution in [0.3, 0.4) is 0 Å². The van der Waals surface area contributed by atoms with E-state index in [-0.39, 0.29) is 19.8 Å². The van der Waals surface area contributed by atoms with Gasteiger partial charge in [-0.2, -0.15) is 0 Å². The van der Waals surface area contributed by atoms with E-state index >= 15 is 0 Å². The summed E-state index contributed by atoms with van der Waals surface area (Å²) in [5.41, 5.74) is 0. The van der Waals surface area contributed by atoms with Gasteiger partial charge in [0.25, 0.3) is 0 Å². The maximum atomic E-state index is 9.75. The number of rotatable bonds is 23. The molecule has 0 bridgehead atoms. The van der Waals surface area contributed by atoms with Crippen LogP contribution in [0.4, 0.5) is 0 Å². The Morgan fingerprint density at radius 2 is 1.25 bits per heavy atom. The zero-order chi connectivity index (χ0) is 20.7. The first-order chi connectivity index (χ1) is 13.7. The molecule has 0 heterocycles. The van der Waals surface area contributed by atoms with Crippen molar-refractivity contribution in [3.8, 4) is 0 Å². The van der Waals surface area contributed by atoms with Gasteiger partial charge in [-0.05, 0) is 12.8 Å². The molecule has 0 amide bonds. The van der Waals surface area contributed by atoms with Gasteiger partial charge in [-0.25, -0.2) is 9.78 Å². The van der Waals surface area contributed by atoms with Gasteiger partial charge in [0.2, 0.25) is 0 Å². The number of aliphatic hydroxyl groups excluding tert-OH is 3. The molecule has 5 N–H and O–H groups in total. The lowest BCUT2D eigenvalue weighted by molar-refractivity contribution is -0.323. The molecule has 0 saturated heterocycles. The number of aliphatic hydroxyl groups is 4. The molecule has 0 radical (unpaired) electrons. The maximum absolute atomic E-state index is 9.75. The molecule has 28 heavy (non-hydrogen) atoms. The Hall–Kier alpha value is -0.440. The Balaban J connectivity index is 3.14. The quantitative estimate of drug-likeness (QED) is 0.0567. The summed E-state index contributed by atoms with van der Waals surface area (Å²) in [5.74, 6) is 0. The molecule has 1 atom stereocenters. The van der Waals surface area contributed by atoms with E-state index < -0.39 is 12.5 Å². The molecule has 11 nitrogen and oxygen atoms in total. The first-order valence-corrected chi connectivity index (χ1v) is 9.60. The molecule has 0 spiro atoms. The van der Waals surface area contributed by atoms with E-state index in [1.165, 1.54) is 0 Å². The Kier molecular flexibility index (Phi) is 22.5. The molecule has 0 aliphatic carbocycles. The lowest BCUT2D eigenvalue weighted by Crippen LogP contribution is -2.33. The van der Waals surface area contributed by atoms with Crippen molar-refractivity contribution in [2.24, 2.45) is 0 Å². The van der Waals surface area contributed by atoms with Crippen LogP contribution in [0.15, 0.2) is 0 Å². The summed E-state index contributed by atoms with van der Waals surface area (Å²) >= 11 is 0. The fourth-order valence-electron chi connectivity index (χ4n) is 1.81. The summed E-state index contributed by atoms with van der Waals surface area (Å²) < 4.78 is 21.3. The highest BCUT2D eigenvalue weighted by Gasteiger charge is 2.02. The highest BCUT2D eigenvalue weighted by atomic mass is 17.2. The second-order valence-corrected chi connectivity index (χ2v) is 5.73. The predicted molar refractivity (Wildman–Crippen MR) is 98.4 cm³/mol. The van der Waals surface area contributed by atoms with Gasteiger partial charge in [0.1, 0.15) is 19.4 Å². The number of hydrogen-bond acceptors (Lipinski definition) is 11. The lowest BCUT2D eigenvalue weighted by Gasteiger charge is -2.13. The second-order valence-electron chi connectivity index (χ2n) is 5.73. The van der Waals surface area contributed by atoms with Gasteiger partial charge in [0, 0.05) is 39.4 Å². The SMILES string of the molecule is OCCCOCCCOCCC(O)NCCOCCOCCOOCC(O)O. The van der Waals surface area contributed by atoms with Crippen molar-refractivity contribution < 1.29 is 49.1 Å². The fraction of sp³-hybridized carbons (Fsp3) is 1.00. The van der Waals surface area contributed by atoms with Crippen molar-refractivity contribution in [3.63, 3.8) is 0 Å². The van der Waals surface area contributed by atoms with Gasteiger partial charge in [0.05, 0.1) is 33.0 Å². The van der Waals surface area contributed by atoms with Gasteiger partial charge in [-0.3, -0.25) is 5.32 Å². The molecule has 0 aliphatic rings. The Bertz CT molecular complexity index is 299. The average molecular weight is 415 g/mol. The van der Waals surface area contributed by atoms with Crippen LogP contribution < -0.4 is 5.32 Å². The molecule has 11 heteroatoms. The summed E-state index contributed by atoms with van der Waals surface area (Å²) in [6, 6.07) is 0. The van der Waals surface area contributed by atoms with Gasteiger partial charge in [-0.1, -0.05) is 0 Å². The molecule has 0 aliphatic heterocycles. The van der Waals surface area contributed by atoms with Crippen LogP contribution in [0.2, 0.25) is 0 Å². The van der Waals surface area contributed by atoms with Crippen LogP contribution in [0, 0.1) is 0 Å². The minimum atomic E-state index is -1.55. The minimum absolute atomic E-state index is 0.144. The lowest BCUT2D eigenvalue weighted by atomic mass is 10.4. The summed E-state index contributed by atoms with van der Waals surface area (Å²) in [5, 5.41) is 38.3. The van der Waals surface area contributed by atoms with Crippen LogP contribution in [-0.4, -0.2) is 112 Å². The first kappa shape index (κ1) is 27.6. The molecule has 0 aromatic heterocycles. The average Bonchev–Trinajstić information content (AvgIpc) is 2.67. The third-order valence-electron chi connectivity index (χ3n) is 3.17. The van der Waals surface area contributed by atoms with Crippen molar-refractivity contribution in [2.45, 2.75) is 31.8 Å². The number of ether oxygens (including phenoxy) is 4. The van der Waals surface area contributed by atoms with Crippen molar-refractivity contribution in [1.29, 1.82) is 0 Å². The Morgan fingerprint density at radius 1 is 0.643 bits per heavy atom. The first-order valence-electron chi connectivity index (χ1n) is 9.60. The summed E-state index contributed by atoms with van der Waals surface area (Å²) in [6.45, 7) is 4.29. The topological polar surface area (TPSA) is 148 Å². The van der Waals surface area contributed by atoms with Crippen LogP contribution in [0.1, 0.15) is 19.3 Å². The van der Waals surface area contributed by atoms with Crippen molar-refractivity contribution in [2.75, 3.05) is 79.2 Å². The highest BCUT2D eigenvalue weighted by molar-refractivity contribution is 4.53. The molecular formula is C17H37NO10. The Labute approximate surface area is 166 Å². The van der Waals surface area contributed by atoms with Crippen molar-refractivity contribution >= 4 is 0 Å². The zero-order valence-corrected chi connectivity index (χ0v) is 16.5. The molecule has 170 valence electrons. The summed E-state index contributed by atoms with van der Waals surface area (Å²) in [7, 11) is 0.